The highest BCUT2D eigenvalue weighted by Gasteiger charge is 2.31. The molecule has 0 saturated heterocycles. The third-order valence-electron chi connectivity index (χ3n) is 4.35. The van der Waals surface area contributed by atoms with Crippen molar-refractivity contribution in [1.82, 2.24) is 10.3 Å². The monoisotopic (exact) mass is 404 g/mol. The number of rotatable bonds is 7. The van der Waals surface area contributed by atoms with E-state index in [4.69, 9.17) is 9.47 Å². The highest BCUT2D eigenvalue weighted by molar-refractivity contribution is 7.91. The smallest absolute Gasteiger partial charge is 0.220 e. The van der Waals surface area contributed by atoms with Crippen LogP contribution in [0, 0.1) is 5.92 Å². The SMILES string of the molecule is CC(C)CC(=O)NC[C@@H](c1cccnc1)S(=O)(=O)c1ccc2c(c1)OCCO2. The lowest BCUT2D eigenvalue weighted by Gasteiger charge is -2.22. The predicted octanol–water partition coefficient (Wildman–Crippen LogP) is 2.53. The molecule has 2 aromatic rings. The van der Waals surface area contributed by atoms with Crippen LogP contribution in [-0.4, -0.2) is 39.1 Å². The standard InChI is InChI=1S/C20H24N2O5S/c1-14(2)10-20(23)22-13-19(15-4-3-7-21-12-15)28(24,25)16-5-6-17-18(11-16)27-9-8-26-17/h3-7,11-12,14,19H,8-10,13H2,1-2H3,(H,22,23)/t19-/m0/s1. The molecule has 1 aliphatic rings. The summed E-state index contributed by atoms with van der Waals surface area (Å²) in [6.07, 6.45) is 3.42. The number of nitrogens with zero attached hydrogens (tertiary/aromatic N) is 1. The average Bonchev–Trinajstić information content (AvgIpc) is 2.68. The number of amides is 1. The first kappa shape index (κ1) is 20.1. The van der Waals surface area contributed by atoms with Crippen LogP contribution in [0.4, 0.5) is 0 Å². The molecular formula is C20H24N2O5S. The Morgan fingerprint density at radius 3 is 2.61 bits per heavy atom. The molecule has 0 saturated carbocycles. The van der Waals surface area contributed by atoms with Crippen molar-refractivity contribution in [3.05, 3.63) is 48.3 Å². The second-order valence-corrected chi connectivity index (χ2v) is 9.16. The van der Waals surface area contributed by atoms with Crippen molar-refractivity contribution in [3.63, 3.8) is 0 Å². The fourth-order valence-electron chi connectivity index (χ4n) is 2.99. The van der Waals surface area contributed by atoms with E-state index in [1.165, 1.54) is 18.3 Å². The van der Waals surface area contributed by atoms with Crippen molar-refractivity contribution in [3.8, 4) is 11.5 Å². The van der Waals surface area contributed by atoms with E-state index in [9.17, 15) is 13.2 Å². The molecule has 2 heterocycles. The molecule has 1 amide bonds. The Kier molecular flexibility index (Phi) is 6.18. The first-order chi connectivity index (χ1) is 13.4. The molecule has 0 spiro atoms. The molecule has 7 nitrogen and oxygen atoms in total. The number of ether oxygens (including phenoxy) is 2. The minimum Gasteiger partial charge on any atom is -0.486 e. The van der Waals surface area contributed by atoms with E-state index >= 15 is 0 Å². The summed E-state index contributed by atoms with van der Waals surface area (Å²) in [5.74, 6) is 0.932. The summed E-state index contributed by atoms with van der Waals surface area (Å²) in [6, 6.07) is 7.95. The molecule has 1 N–H and O–H groups in total. The molecular weight excluding hydrogens is 380 g/mol. The molecule has 0 radical (unpaired) electrons. The largest absolute Gasteiger partial charge is 0.486 e. The molecule has 3 rings (SSSR count). The number of benzene rings is 1. The van der Waals surface area contributed by atoms with Gasteiger partial charge in [-0.2, -0.15) is 0 Å². The minimum absolute atomic E-state index is 0.0337. The van der Waals surface area contributed by atoms with Crippen LogP contribution < -0.4 is 14.8 Å². The minimum atomic E-state index is -3.80. The van der Waals surface area contributed by atoms with Crippen molar-refractivity contribution >= 4 is 15.7 Å². The van der Waals surface area contributed by atoms with Gasteiger partial charge in [0.2, 0.25) is 5.91 Å². The second-order valence-electron chi connectivity index (χ2n) is 7.03. The maximum Gasteiger partial charge on any atom is 0.220 e. The fourth-order valence-corrected chi connectivity index (χ4v) is 4.65. The van der Waals surface area contributed by atoms with Crippen LogP contribution >= 0.6 is 0 Å². The molecule has 1 aliphatic heterocycles. The summed E-state index contributed by atoms with van der Waals surface area (Å²) < 4.78 is 37.7. The van der Waals surface area contributed by atoms with Crippen LogP contribution in [0.2, 0.25) is 0 Å². The lowest BCUT2D eigenvalue weighted by atomic mass is 10.1. The van der Waals surface area contributed by atoms with Crippen LogP contribution in [0.15, 0.2) is 47.6 Å². The number of sulfone groups is 1. The zero-order valence-corrected chi connectivity index (χ0v) is 16.7. The summed E-state index contributed by atoms with van der Waals surface area (Å²) in [7, 11) is -3.80. The molecule has 0 aliphatic carbocycles. The van der Waals surface area contributed by atoms with Crippen molar-refractivity contribution in [2.24, 2.45) is 5.92 Å². The summed E-state index contributed by atoms with van der Waals surface area (Å²) in [6.45, 7) is 4.63. The predicted molar refractivity (Wildman–Crippen MR) is 104 cm³/mol. The fraction of sp³-hybridized carbons (Fsp3) is 0.400. The van der Waals surface area contributed by atoms with E-state index in [0.29, 0.717) is 36.7 Å². The van der Waals surface area contributed by atoms with Gasteiger partial charge >= 0.3 is 0 Å². The van der Waals surface area contributed by atoms with E-state index in [1.807, 2.05) is 13.8 Å². The van der Waals surface area contributed by atoms with Gasteiger partial charge in [-0.3, -0.25) is 9.78 Å². The number of carbonyl (C=O) groups is 1. The third kappa shape index (κ3) is 4.62. The number of hydrogen-bond donors (Lipinski definition) is 1. The van der Waals surface area contributed by atoms with E-state index in [2.05, 4.69) is 10.3 Å². The molecule has 8 heteroatoms. The number of aromatic nitrogens is 1. The number of nitrogens with one attached hydrogen (secondary N) is 1. The van der Waals surface area contributed by atoms with Gasteiger partial charge in [0.25, 0.3) is 0 Å². The maximum atomic E-state index is 13.4. The molecule has 0 unspecified atom stereocenters. The first-order valence-corrected chi connectivity index (χ1v) is 10.7. The Bertz CT molecular complexity index is 929. The summed E-state index contributed by atoms with van der Waals surface area (Å²) in [5.41, 5.74) is 0.516. The quantitative estimate of drug-likeness (QED) is 0.762. The Hall–Kier alpha value is -2.61. The first-order valence-electron chi connectivity index (χ1n) is 9.18. The maximum absolute atomic E-state index is 13.4. The van der Waals surface area contributed by atoms with Gasteiger partial charge in [-0.25, -0.2) is 8.42 Å². The average molecular weight is 404 g/mol. The van der Waals surface area contributed by atoms with Crippen LogP contribution in [0.25, 0.3) is 0 Å². The molecule has 0 bridgehead atoms. The van der Waals surface area contributed by atoms with Gasteiger partial charge in [0.15, 0.2) is 21.3 Å². The van der Waals surface area contributed by atoms with Gasteiger partial charge in [-0.1, -0.05) is 19.9 Å². The highest BCUT2D eigenvalue weighted by atomic mass is 32.2. The second kappa shape index (κ2) is 8.60. The number of fused-ring (bicyclic) bond motifs is 1. The Balaban J connectivity index is 1.91. The zero-order valence-electron chi connectivity index (χ0n) is 15.9. The van der Waals surface area contributed by atoms with Crippen LogP contribution in [0.1, 0.15) is 31.1 Å². The van der Waals surface area contributed by atoms with Crippen LogP contribution in [0.5, 0.6) is 11.5 Å². The van der Waals surface area contributed by atoms with Gasteiger partial charge < -0.3 is 14.8 Å². The zero-order chi connectivity index (χ0) is 20.1. The van der Waals surface area contributed by atoms with Crippen molar-refractivity contribution < 1.29 is 22.7 Å². The Labute approximate surface area is 165 Å². The van der Waals surface area contributed by atoms with E-state index in [-0.39, 0.29) is 23.3 Å². The molecule has 28 heavy (non-hydrogen) atoms. The van der Waals surface area contributed by atoms with Gasteiger partial charge in [0, 0.05) is 31.4 Å². The van der Waals surface area contributed by atoms with Crippen molar-refractivity contribution in [2.75, 3.05) is 19.8 Å². The summed E-state index contributed by atoms with van der Waals surface area (Å²) in [5, 5.41) is 1.79. The lowest BCUT2D eigenvalue weighted by molar-refractivity contribution is -0.121. The van der Waals surface area contributed by atoms with E-state index in [0.717, 1.165) is 0 Å². The lowest BCUT2D eigenvalue weighted by Crippen LogP contribution is -2.32. The van der Waals surface area contributed by atoms with Gasteiger partial charge in [0.05, 0.1) is 4.90 Å². The molecule has 1 aromatic heterocycles. The van der Waals surface area contributed by atoms with Crippen LogP contribution in [-0.2, 0) is 14.6 Å². The van der Waals surface area contributed by atoms with E-state index in [1.54, 1.807) is 24.4 Å². The van der Waals surface area contributed by atoms with Gasteiger partial charge in [-0.05, 0) is 29.7 Å². The Morgan fingerprint density at radius 1 is 1.18 bits per heavy atom. The highest BCUT2D eigenvalue weighted by Crippen LogP contribution is 2.36. The molecule has 0 fully saturated rings. The third-order valence-corrected chi connectivity index (χ3v) is 6.45. The summed E-state index contributed by atoms with van der Waals surface area (Å²) in [4.78, 5) is 16.2. The number of pyridine rings is 1. The van der Waals surface area contributed by atoms with E-state index < -0.39 is 15.1 Å². The topological polar surface area (TPSA) is 94.6 Å². The number of carbonyl (C=O) groups excluding carboxylic acids is 1. The Morgan fingerprint density at radius 2 is 1.93 bits per heavy atom. The summed E-state index contributed by atoms with van der Waals surface area (Å²) >= 11 is 0. The number of hydrogen-bond acceptors (Lipinski definition) is 6. The van der Waals surface area contributed by atoms with Gasteiger partial charge in [-0.15, -0.1) is 0 Å². The normalized spacial score (nSPS) is 14.5. The molecule has 1 aromatic carbocycles. The van der Waals surface area contributed by atoms with Crippen molar-refractivity contribution in [1.29, 1.82) is 0 Å². The van der Waals surface area contributed by atoms with Crippen LogP contribution in [0.3, 0.4) is 0 Å². The molecule has 1 atom stereocenters. The van der Waals surface area contributed by atoms with Gasteiger partial charge in [0.1, 0.15) is 18.5 Å². The van der Waals surface area contributed by atoms with Crippen molar-refractivity contribution in [2.45, 2.75) is 30.4 Å². The molecule has 150 valence electrons.